The Morgan fingerprint density at radius 2 is 1.79 bits per heavy atom. The molecule has 38 heavy (non-hydrogen) atoms. The molecule has 0 radical (unpaired) electrons. The number of aromatic nitrogens is 4. The summed E-state index contributed by atoms with van der Waals surface area (Å²) in [6.07, 6.45) is 1.56. The van der Waals surface area contributed by atoms with E-state index in [1.807, 2.05) is 18.4 Å². The van der Waals surface area contributed by atoms with Crippen molar-refractivity contribution >= 4 is 11.6 Å². The molecule has 0 saturated carbocycles. The van der Waals surface area contributed by atoms with Crippen LogP contribution in [0.2, 0.25) is 0 Å². The number of hydrogen-bond acceptors (Lipinski definition) is 8. The number of benzene rings is 2. The van der Waals surface area contributed by atoms with Crippen LogP contribution in [-0.2, 0) is 0 Å². The van der Waals surface area contributed by atoms with Gasteiger partial charge in [-0.2, -0.15) is 4.98 Å². The molecule has 2 aromatic heterocycles. The monoisotopic (exact) mass is 517 g/mol. The Balaban J connectivity index is 1.57. The number of imidazole rings is 1. The molecule has 0 saturated heterocycles. The number of halogens is 1. The van der Waals surface area contributed by atoms with Crippen LogP contribution in [0.1, 0.15) is 47.7 Å². The van der Waals surface area contributed by atoms with Gasteiger partial charge >= 0.3 is 6.01 Å². The maximum atomic E-state index is 14.0. The fourth-order valence-electron chi connectivity index (χ4n) is 4.94. The summed E-state index contributed by atoms with van der Waals surface area (Å²) < 4.78 is 37.6. The highest BCUT2D eigenvalue weighted by molar-refractivity contribution is 6.10. The largest absolute Gasteiger partial charge is 0.480 e. The fraction of sp³-hybridized carbons (Fsp3) is 0.259. The Morgan fingerprint density at radius 1 is 1.03 bits per heavy atom. The van der Waals surface area contributed by atoms with Gasteiger partial charge in [0.05, 0.1) is 25.5 Å². The molecule has 1 atom stereocenters. The average Bonchev–Trinajstić information content (AvgIpc) is 3.62. The molecule has 0 spiro atoms. The van der Waals surface area contributed by atoms with Gasteiger partial charge in [0.2, 0.25) is 12.7 Å². The standard InChI is InChI=1S/C27H24FN5O5/c1-14(2)32-23-21(30-24(32)18-12-29-27(36-4)31-25(18)35-3)26(34)33(22(23)15-5-7-16(28)8-6-15)17-9-10-19-20(11-17)38-13-37-19/h5-12,14,22H,13H2,1-4H3/t22-/m0/s1. The first-order valence-corrected chi connectivity index (χ1v) is 12.0. The number of fused-ring (bicyclic) bond motifs is 2. The van der Waals surface area contributed by atoms with Crippen LogP contribution in [0.3, 0.4) is 0 Å². The van der Waals surface area contributed by atoms with Crippen molar-refractivity contribution in [1.82, 2.24) is 19.5 Å². The molecule has 2 aliphatic rings. The maximum absolute atomic E-state index is 14.0. The highest BCUT2D eigenvalue weighted by Gasteiger charge is 2.45. The van der Waals surface area contributed by atoms with E-state index in [1.165, 1.54) is 26.4 Å². The number of carbonyl (C=O) groups is 1. The lowest BCUT2D eigenvalue weighted by Gasteiger charge is -2.28. The first-order valence-electron chi connectivity index (χ1n) is 12.0. The summed E-state index contributed by atoms with van der Waals surface area (Å²) in [4.78, 5) is 29.0. The molecule has 2 aromatic carbocycles. The van der Waals surface area contributed by atoms with E-state index in [-0.39, 0.29) is 42.1 Å². The molecule has 0 N–H and O–H groups in total. The predicted molar refractivity (Wildman–Crippen MR) is 134 cm³/mol. The Labute approximate surface area is 217 Å². The van der Waals surface area contributed by atoms with Crippen LogP contribution in [0.15, 0.2) is 48.7 Å². The summed E-state index contributed by atoms with van der Waals surface area (Å²) in [6.45, 7) is 4.11. The lowest BCUT2D eigenvalue weighted by atomic mass is 10.0. The van der Waals surface area contributed by atoms with E-state index in [9.17, 15) is 9.18 Å². The van der Waals surface area contributed by atoms with Gasteiger partial charge in [-0.1, -0.05) is 12.1 Å². The Kier molecular flexibility index (Phi) is 5.63. The highest BCUT2D eigenvalue weighted by atomic mass is 19.1. The molecule has 6 rings (SSSR count). The van der Waals surface area contributed by atoms with E-state index in [0.717, 1.165) is 5.56 Å². The quantitative estimate of drug-likeness (QED) is 0.367. The zero-order chi connectivity index (χ0) is 26.6. The normalized spacial score (nSPS) is 15.8. The van der Waals surface area contributed by atoms with Gasteiger partial charge in [-0.25, -0.2) is 14.4 Å². The molecule has 0 bridgehead atoms. The fourth-order valence-corrected chi connectivity index (χ4v) is 4.94. The van der Waals surface area contributed by atoms with Crippen LogP contribution >= 0.6 is 0 Å². The molecule has 4 aromatic rings. The number of methoxy groups -OCH3 is 2. The summed E-state index contributed by atoms with van der Waals surface area (Å²) in [6, 6.07) is 10.9. The molecule has 194 valence electrons. The zero-order valence-electron chi connectivity index (χ0n) is 21.1. The smallest absolute Gasteiger partial charge is 0.319 e. The minimum absolute atomic E-state index is 0.111. The van der Waals surface area contributed by atoms with Crippen LogP contribution in [0, 0.1) is 5.82 Å². The van der Waals surface area contributed by atoms with Crippen LogP contribution in [0.25, 0.3) is 11.4 Å². The van der Waals surface area contributed by atoms with E-state index >= 15 is 0 Å². The molecular weight excluding hydrogens is 493 g/mol. The number of ether oxygens (including phenoxy) is 4. The number of nitrogens with zero attached hydrogens (tertiary/aromatic N) is 5. The van der Waals surface area contributed by atoms with Gasteiger partial charge in [-0.15, -0.1) is 0 Å². The molecule has 1 amide bonds. The molecule has 0 aliphatic carbocycles. The van der Waals surface area contributed by atoms with Gasteiger partial charge in [0.1, 0.15) is 17.7 Å². The van der Waals surface area contributed by atoms with E-state index < -0.39 is 6.04 Å². The van der Waals surface area contributed by atoms with Crippen LogP contribution in [-0.4, -0.2) is 46.4 Å². The van der Waals surface area contributed by atoms with E-state index in [1.54, 1.807) is 41.4 Å². The first-order chi connectivity index (χ1) is 18.4. The van der Waals surface area contributed by atoms with Crippen molar-refractivity contribution in [2.24, 2.45) is 0 Å². The molecule has 10 nitrogen and oxygen atoms in total. The second kappa shape index (κ2) is 9.02. The van der Waals surface area contributed by atoms with Crippen LogP contribution in [0.4, 0.5) is 10.1 Å². The lowest BCUT2D eigenvalue weighted by Crippen LogP contribution is -2.30. The van der Waals surface area contributed by atoms with E-state index in [4.69, 9.17) is 23.9 Å². The summed E-state index contributed by atoms with van der Waals surface area (Å²) in [5.41, 5.74) is 2.79. The molecule has 0 unspecified atom stereocenters. The summed E-state index contributed by atoms with van der Waals surface area (Å²) in [5.74, 6) is 1.23. The van der Waals surface area contributed by atoms with Crippen LogP contribution in [0.5, 0.6) is 23.4 Å². The van der Waals surface area contributed by atoms with Gasteiger partial charge in [-0.05, 0) is 43.7 Å². The number of anilines is 1. The molecule has 11 heteroatoms. The average molecular weight is 518 g/mol. The Morgan fingerprint density at radius 3 is 2.50 bits per heavy atom. The Bertz CT molecular complexity index is 1550. The SMILES string of the molecule is COc1ncc(-c2nc3c(n2C(C)C)[C@H](c2ccc(F)cc2)N(c2ccc4c(c2)OCO4)C3=O)c(OC)n1. The van der Waals surface area contributed by atoms with Gasteiger partial charge < -0.3 is 23.5 Å². The van der Waals surface area contributed by atoms with Crippen molar-refractivity contribution in [3.63, 3.8) is 0 Å². The summed E-state index contributed by atoms with van der Waals surface area (Å²) in [7, 11) is 2.96. The lowest BCUT2D eigenvalue weighted by molar-refractivity contribution is 0.0989. The third-order valence-corrected chi connectivity index (χ3v) is 6.57. The van der Waals surface area contributed by atoms with Gasteiger partial charge in [0.25, 0.3) is 5.91 Å². The van der Waals surface area contributed by atoms with Gasteiger partial charge in [0.15, 0.2) is 17.2 Å². The van der Waals surface area contributed by atoms with Crippen molar-refractivity contribution in [3.8, 4) is 34.8 Å². The third-order valence-electron chi connectivity index (χ3n) is 6.57. The molecular formula is C27H24FN5O5. The Hall–Kier alpha value is -4.67. The number of amides is 1. The van der Waals surface area contributed by atoms with Crippen molar-refractivity contribution in [1.29, 1.82) is 0 Å². The second-order valence-electron chi connectivity index (χ2n) is 9.08. The van der Waals surface area contributed by atoms with Crippen molar-refractivity contribution in [2.75, 3.05) is 25.9 Å². The van der Waals surface area contributed by atoms with E-state index in [0.29, 0.717) is 34.3 Å². The second-order valence-corrected chi connectivity index (χ2v) is 9.08. The summed E-state index contributed by atoms with van der Waals surface area (Å²) >= 11 is 0. The predicted octanol–water partition coefficient (Wildman–Crippen LogP) is 4.56. The third kappa shape index (κ3) is 3.61. The van der Waals surface area contributed by atoms with Crippen molar-refractivity contribution < 1.29 is 28.1 Å². The van der Waals surface area contributed by atoms with E-state index in [2.05, 4.69) is 9.97 Å². The molecule has 2 aliphatic heterocycles. The first kappa shape index (κ1) is 23.7. The molecule has 4 heterocycles. The minimum atomic E-state index is -0.590. The topological polar surface area (TPSA) is 101 Å². The highest BCUT2D eigenvalue weighted by Crippen LogP contribution is 2.47. The van der Waals surface area contributed by atoms with Crippen molar-refractivity contribution in [3.05, 3.63) is 71.4 Å². The zero-order valence-corrected chi connectivity index (χ0v) is 21.1. The number of carbonyl (C=O) groups excluding carboxylic acids is 1. The van der Waals surface area contributed by atoms with Crippen molar-refractivity contribution in [2.45, 2.75) is 25.9 Å². The summed E-state index contributed by atoms with van der Waals surface area (Å²) in [5, 5.41) is 0. The number of hydrogen-bond donors (Lipinski definition) is 0. The van der Waals surface area contributed by atoms with Crippen LogP contribution < -0.4 is 23.8 Å². The number of rotatable bonds is 6. The molecule has 0 fully saturated rings. The van der Waals surface area contributed by atoms with Gasteiger partial charge in [-0.3, -0.25) is 9.69 Å². The van der Waals surface area contributed by atoms with Gasteiger partial charge in [0, 0.05) is 24.0 Å². The minimum Gasteiger partial charge on any atom is -0.480 e. The maximum Gasteiger partial charge on any atom is 0.319 e.